The summed E-state index contributed by atoms with van der Waals surface area (Å²) in [5, 5.41) is 2.77. The summed E-state index contributed by atoms with van der Waals surface area (Å²) in [6, 6.07) is 7.53. The number of rotatable bonds is 5. The van der Waals surface area contributed by atoms with Gasteiger partial charge in [0.25, 0.3) is 5.56 Å². The minimum atomic E-state index is -0.499. The van der Waals surface area contributed by atoms with Crippen molar-refractivity contribution >= 4 is 17.3 Å². The van der Waals surface area contributed by atoms with E-state index in [2.05, 4.69) is 21.0 Å². The SMILES string of the molecule is CCOC(=O)c1c[nH]n2c(=O)cc(CN3CCCc4cc(OC)ccc43)nc12. The predicted molar refractivity (Wildman–Crippen MR) is 104 cm³/mol. The molecule has 0 bridgehead atoms. The normalized spacial score (nSPS) is 13.4. The van der Waals surface area contributed by atoms with E-state index in [4.69, 9.17) is 9.47 Å². The van der Waals surface area contributed by atoms with Crippen LogP contribution < -0.4 is 15.2 Å². The fourth-order valence-corrected chi connectivity index (χ4v) is 3.61. The van der Waals surface area contributed by atoms with Crippen molar-refractivity contribution in [2.45, 2.75) is 26.3 Å². The first kappa shape index (κ1) is 18.1. The van der Waals surface area contributed by atoms with Gasteiger partial charge in [-0.05, 0) is 43.5 Å². The van der Waals surface area contributed by atoms with Crippen LogP contribution in [0, 0.1) is 0 Å². The molecule has 28 heavy (non-hydrogen) atoms. The molecule has 0 saturated heterocycles. The molecule has 3 heterocycles. The summed E-state index contributed by atoms with van der Waals surface area (Å²) in [6.45, 7) is 3.35. The highest BCUT2D eigenvalue weighted by Crippen LogP contribution is 2.31. The van der Waals surface area contributed by atoms with Crippen molar-refractivity contribution in [3.05, 3.63) is 57.6 Å². The molecule has 146 valence electrons. The predicted octanol–water partition coefficient (Wildman–Crippen LogP) is 2.16. The van der Waals surface area contributed by atoms with E-state index in [0.29, 0.717) is 12.2 Å². The molecule has 0 atom stereocenters. The Hall–Kier alpha value is -3.29. The molecule has 1 aliphatic rings. The minimum Gasteiger partial charge on any atom is -0.497 e. The molecule has 1 aliphatic heterocycles. The Kier molecular flexibility index (Phi) is 4.77. The van der Waals surface area contributed by atoms with E-state index in [1.165, 1.54) is 22.3 Å². The number of aromatic nitrogens is 3. The number of ether oxygens (including phenoxy) is 2. The maximum absolute atomic E-state index is 12.5. The zero-order valence-electron chi connectivity index (χ0n) is 15.9. The van der Waals surface area contributed by atoms with Crippen molar-refractivity contribution in [3.63, 3.8) is 0 Å². The van der Waals surface area contributed by atoms with Crippen LogP contribution in [0.5, 0.6) is 5.75 Å². The number of aromatic amines is 1. The van der Waals surface area contributed by atoms with E-state index in [-0.39, 0.29) is 23.4 Å². The second-order valence-electron chi connectivity index (χ2n) is 6.67. The molecule has 0 fully saturated rings. The lowest BCUT2D eigenvalue weighted by molar-refractivity contribution is 0.0528. The number of esters is 1. The Morgan fingerprint density at radius 1 is 1.32 bits per heavy atom. The van der Waals surface area contributed by atoms with Crippen LogP contribution in [0.4, 0.5) is 5.69 Å². The molecule has 1 N–H and O–H groups in total. The monoisotopic (exact) mass is 382 g/mol. The quantitative estimate of drug-likeness (QED) is 0.681. The van der Waals surface area contributed by atoms with Crippen LogP contribution in [0.3, 0.4) is 0 Å². The standard InChI is InChI=1S/C20H22N4O4/c1-3-28-20(26)16-11-21-24-18(25)10-14(22-19(16)24)12-23-8-4-5-13-9-15(27-2)6-7-17(13)23/h6-7,9-11,21H,3-5,8,12H2,1-2H3. The lowest BCUT2D eigenvalue weighted by atomic mass is 10.0. The van der Waals surface area contributed by atoms with Gasteiger partial charge in [-0.1, -0.05) is 0 Å². The lowest BCUT2D eigenvalue weighted by Crippen LogP contribution is -2.30. The lowest BCUT2D eigenvalue weighted by Gasteiger charge is -2.31. The summed E-state index contributed by atoms with van der Waals surface area (Å²) in [7, 11) is 1.66. The highest BCUT2D eigenvalue weighted by Gasteiger charge is 2.20. The van der Waals surface area contributed by atoms with Crippen molar-refractivity contribution in [1.29, 1.82) is 0 Å². The molecule has 0 radical (unpaired) electrons. The van der Waals surface area contributed by atoms with Crippen LogP contribution in [-0.2, 0) is 17.7 Å². The molecular formula is C20H22N4O4. The van der Waals surface area contributed by atoms with E-state index in [0.717, 1.165) is 30.8 Å². The van der Waals surface area contributed by atoms with Crippen LogP contribution in [0.25, 0.3) is 5.65 Å². The third kappa shape index (κ3) is 3.21. The molecule has 0 aliphatic carbocycles. The molecule has 0 amide bonds. The number of hydrogen-bond donors (Lipinski definition) is 1. The first-order valence-corrected chi connectivity index (χ1v) is 9.29. The van der Waals surface area contributed by atoms with Crippen LogP contribution in [0.2, 0.25) is 0 Å². The zero-order valence-corrected chi connectivity index (χ0v) is 15.9. The van der Waals surface area contributed by atoms with E-state index in [1.54, 1.807) is 14.0 Å². The summed E-state index contributed by atoms with van der Waals surface area (Å²) in [6.07, 6.45) is 3.45. The second kappa shape index (κ2) is 7.38. The van der Waals surface area contributed by atoms with Crippen molar-refractivity contribution in [2.75, 3.05) is 25.2 Å². The molecule has 2 aromatic heterocycles. The molecule has 0 saturated carbocycles. The fraction of sp³-hybridized carbons (Fsp3) is 0.350. The molecule has 0 unspecified atom stereocenters. The van der Waals surface area contributed by atoms with Crippen LogP contribution >= 0.6 is 0 Å². The molecular weight excluding hydrogens is 360 g/mol. The van der Waals surface area contributed by atoms with Crippen molar-refractivity contribution in [3.8, 4) is 5.75 Å². The van der Waals surface area contributed by atoms with Gasteiger partial charge in [0, 0.05) is 24.5 Å². The van der Waals surface area contributed by atoms with Crippen molar-refractivity contribution in [2.24, 2.45) is 0 Å². The Morgan fingerprint density at radius 2 is 2.18 bits per heavy atom. The van der Waals surface area contributed by atoms with Gasteiger partial charge in [-0.2, -0.15) is 0 Å². The first-order chi connectivity index (χ1) is 13.6. The average Bonchev–Trinajstić information content (AvgIpc) is 3.12. The Balaban J connectivity index is 1.68. The Morgan fingerprint density at radius 3 is 2.96 bits per heavy atom. The van der Waals surface area contributed by atoms with Gasteiger partial charge in [0.1, 0.15) is 11.3 Å². The summed E-state index contributed by atoms with van der Waals surface area (Å²) in [5.41, 5.74) is 3.23. The molecule has 0 spiro atoms. The van der Waals surface area contributed by atoms with Crippen molar-refractivity contribution in [1.82, 2.24) is 14.6 Å². The highest BCUT2D eigenvalue weighted by atomic mass is 16.5. The Bertz CT molecular complexity index is 1090. The smallest absolute Gasteiger partial charge is 0.343 e. The molecule has 4 rings (SSSR count). The van der Waals surface area contributed by atoms with Gasteiger partial charge in [0.15, 0.2) is 5.65 Å². The van der Waals surface area contributed by atoms with Crippen molar-refractivity contribution < 1.29 is 14.3 Å². The molecule has 3 aromatic rings. The van der Waals surface area contributed by atoms with Gasteiger partial charge >= 0.3 is 5.97 Å². The first-order valence-electron chi connectivity index (χ1n) is 9.29. The Labute approximate surface area is 161 Å². The van der Waals surface area contributed by atoms with Crippen LogP contribution in [0.15, 0.2) is 35.3 Å². The number of H-pyrrole nitrogens is 1. The maximum atomic E-state index is 12.5. The van der Waals surface area contributed by atoms with Crippen LogP contribution in [0.1, 0.15) is 35.0 Å². The zero-order chi connectivity index (χ0) is 19.7. The van der Waals surface area contributed by atoms with E-state index < -0.39 is 5.97 Å². The molecule has 8 heteroatoms. The second-order valence-corrected chi connectivity index (χ2v) is 6.67. The summed E-state index contributed by atoms with van der Waals surface area (Å²) in [4.78, 5) is 31.4. The van der Waals surface area contributed by atoms with Crippen LogP contribution in [-0.4, -0.2) is 40.8 Å². The summed E-state index contributed by atoms with van der Waals surface area (Å²) >= 11 is 0. The number of carbonyl (C=O) groups is 1. The van der Waals surface area contributed by atoms with Gasteiger partial charge in [-0.25, -0.2) is 14.3 Å². The van der Waals surface area contributed by atoms with E-state index in [1.807, 2.05) is 12.1 Å². The van der Waals surface area contributed by atoms with E-state index in [9.17, 15) is 9.59 Å². The number of benzene rings is 1. The number of methoxy groups -OCH3 is 1. The minimum absolute atomic E-state index is 0.254. The maximum Gasteiger partial charge on any atom is 0.343 e. The van der Waals surface area contributed by atoms with E-state index >= 15 is 0 Å². The topological polar surface area (TPSA) is 88.9 Å². The number of nitrogens with zero attached hydrogens (tertiary/aromatic N) is 3. The summed E-state index contributed by atoms with van der Waals surface area (Å²) in [5.74, 6) is 0.338. The highest BCUT2D eigenvalue weighted by molar-refractivity contribution is 5.95. The fourth-order valence-electron chi connectivity index (χ4n) is 3.61. The number of carbonyl (C=O) groups excluding carboxylic acids is 1. The largest absolute Gasteiger partial charge is 0.497 e. The third-order valence-electron chi connectivity index (χ3n) is 4.90. The average molecular weight is 382 g/mol. The van der Waals surface area contributed by atoms with Gasteiger partial charge < -0.3 is 14.4 Å². The van der Waals surface area contributed by atoms with Gasteiger partial charge in [0.05, 0.1) is 26.0 Å². The number of fused-ring (bicyclic) bond motifs is 2. The molecule has 8 nitrogen and oxygen atoms in total. The summed E-state index contributed by atoms with van der Waals surface area (Å²) < 4.78 is 11.6. The van der Waals surface area contributed by atoms with Gasteiger partial charge in [-0.3, -0.25) is 9.89 Å². The van der Waals surface area contributed by atoms with Gasteiger partial charge in [0.2, 0.25) is 0 Å². The number of hydrogen-bond acceptors (Lipinski definition) is 6. The number of anilines is 1. The van der Waals surface area contributed by atoms with Gasteiger partial charge in [-0.15, -0.1) is 0 Å². The number of nitrogens with one attached hydrogen (secondary N) is 1. The molecule has 1 aromatic carbocycles. The number of aryl methyl sites for hydroxylation is 1. The third-order valence-corrected chi connectivity index (χ3v) is 4.90.